The Kier molecular flexibility index (Phi) is 6.00. The zero-order valence-corrected chi connectivity index (χ0v) is 20.3. The van der Waals surface area contributed by atoms with Gasteiger partial charge in [0, 0.05) is 37.2 Å². The van der Waals surface area contributed by atoms with Crippen LogP contribution in [0.2, 0.25) is 0 Å². The number of hydrogen-bond acceptors (Lipinski definition) is 6. The smallest absolute Gasteiger partial charge is 0.231 e. The molecule has 6 heteroatoms. The van der Waals surface area contributed by atoms with E-state index < -0.39 is 0 Å². The van der Waals surface area contributed by atoms with Crippen LogP contribution in [0, 0.1) is 0 Å². The van der Waals surface area contributed by atoms with E-state index in [9.17, 15) is 0 Å². The third-order valence-corrected chi connectivity index (χ3v) is 7.53. The highest BCUT2D eigenvalue weighted by molar-refractivity contribution is 5.56. The Morgan fingerprint density at radius 2 is 1.77 bits per heavy atom. The molecular formula is C29H31NO5. The maximum absolute atomic E-state index is 6.16. The lowest BCUT2D eigenvalue weighted by atomic mass is 9.75. The number of ether oxygens (including phenoxy) is 5. The molecule has 0 radical (unpaired) electrons. The van der Waals surface area contributed by atoms with E-state index in [1.807, 2.05) is 12.1 Å². The molecule has 6 rings (SSSR count). The lowest BCUT2D eigenvalue weighted by molar-refractivity contribution is 0.0821. The van der Waals surface area contributed by atoms with Gasteiger partial charge in [-0.2, -0.15) is 0 Å². The van der Waals surface area contributed by atoms with Gasteiger partial charge in [0.15, 0.2) is 23.0 Å². The third kappa shape index (κ3) is 4.01. The van der Waals surface area contributed by atoms with Crippen molar-refractivity contribution < 1.29 is 23.7 Å². The first kappa shape index (κ1) is 22.3. The number of benzene rings is 3. The first-order valence-electron chi connectivity index (χ1n) is 12.3. The van der Waals surface area contributed by atoms with E-state index in [-0.39, 0.29) is 12.0 Å². The Labute approximate surface area is 206 Å². The fourth-order valence-electron chi connectivity index (χ4n) is 5.92. The number of hydrogen-bond donors (Lipinski definition) is 0. The fourth-order valence-corrected chi connectivity index (χ4v) is 5.92. The quantitative estimate of drug-likeness (QED) is 0.438. The molecule has 3 aromatic rings. The SMILES string of the molecule is COc1ccc2c(c1OC)CN1CCc3cc4c(cc3C1C2CCOCc1ccccc1)OCO4. The highest BCUT2D eigenvalue weighted by Gasteiger charge is 2.41. The van der Waals surface area contributed by atoms with Crippen LogP contribution < -0.4 is 18.9 Å². The number of fused-ring (bicyclic) bond motifs is 5. The third-order valence-electron chi connectivity index (χ3n) is 7.53. The van der Waals surface area contributed by atoms with E-state index in [0.717, 1.165) is 48.9 Å². The largest absolute Gasteiger partial charge is 0.493 e. The zero-order chi connectivity index (χ0) is 23.8. The molecule has 35 heavy (non-hydrogen) atoms. The van der Waals surface area contributed by atoms with Gasteiger partial charge < -0.3 is 23.7 Å². The van der Waals surface area contributed by atoms with E-state index in [0.29, 0.717) is 20.0 Å². The summed E-state index contributed by atoms with van der Waals surface area (Å²) < 4.78 is 29.1. The van der Waals surface area contributed by atoms with Crippen molar-refractivity contribution in [1.82, 2.24) is 4.90 Å². The maximum atomic E-state index is 6.16. The summed E-state index contributed by atoms with van der Waals surface area (Å²) in [6.07, 6.45) is 1.89. The van der Waals surface area contributed by atoms with Gasteiger partial charge in [-0.05, 0) is 53.3 Å². The van der Waals surface area contributed by atoms with Crippen molar-refractivity contribution in [2.45, 2.75) is 38.0 Å². The molecule has 0 bridgehead atoms. The van der Waals surface area contributed by atoms with E-state index in [2.05, 4.69) is 47.4 Å². The molecule has 0 saturated heterocycles. The van der Waals surface area contributed by atoms with Crippen molar-refractivity contribution in [3.05, 3.63) is 82.4 Å². The summed E-state index contributed by atoms with van der Waals surface area (Å²) in [5, 5.41) is 0. The van der Waals surface area contributed by atoms with Crippen LogP contribution in [0.3, 0.4) is 0 Å². The molecule has 3 aromatic carbocycles. The molecular weight excluding hydrogens is 442 g/mol. The van der Waals surface area contributed by atoms with E-state index in [1.54, 1.807) is 14.2 Å². The second kappa shape index (κ2) is 9.44. The van der Waals surface area contributed by atoms with Gasteiger partial charge >= 0.3 is 0 Å². The first-order chi connectivity index (χ1) is 17.3. The number of methoxy groups -OCH3 is 2. The van der Waals surface area contributed by atoms with Crippen LogP contribution in [0.5, 0.6) is 23.0 Å². The van der Waals surface area contributed by atoms with Crippen LogP contribution in [0.25, 0.3) is 0 Å². The summed E-state index contributed by atoms with van der Waals surface area (Å²) in [5.74, 6) is 3.60. The summed E-state index contributed by atoms with van der Waals surface area (Å²) in [7, 11) is 3.43. The molecule has 0 saturated carbocycles. The normalized spacial score (nSPS) is 20.1. The second-order valence-electron chi connectivity index (χ2n) is 9.37. The van der Waals surface area contributed by atoms with Crippen LogP contribution in [0.15, 0.2) is 54.6 Å². The molecule has 0 aromatic heterocycles. The van der Waals surface area contributed by atoms with E-state index in [4.69, 9.17) is 23.7 Å². The number of rotatable bonds is 7. The van der Waals surface area contributed by atoms with Crippen molar-refractivity contribution in [3.8, 4) is 23.0 Å². The van der Waals surface area contributed by atoms with Gasteiger partial charge in [-0.25, -0.2) is 0 Å². The lowest BCUT2D eigenvalue weighted by Crippen LogP contribution is -2.42. The molecule has 3 aliphatic rings. The Hall–Kier alpha value is -3.22. The summed E-state index contributed by atoms with van der Waals surface area (Å²) in [5.41, 5.74) is 6.43. The minimum atomic E-state index is 0.249. The van der Waals surface area contributed by atoms with Gasteiger partial charge in [0.1, 0.15) is 0 Å². The van der Waals surface area contributed by atoms with Crippen molar-refractivity contribution in [1.29, 1.82) is 0 Å². The monoisotopic (exact) mass is 473 g/mol. The highest BCUT2D eigenvalue weighted by atomic mass is 16.7. The summed E-state index contributed by atoms with van der Waals surface area (Å²) >= 11 is 0. The lowest BCUT2D eigenvalue weighted by Gasteiger charge is -2.46. The number of nitrogens with zero attached hydrogens (tertiary/aromatic N) is 1. The Bertz CT molecular complexity index is 1210. The molecule has 3 aliphatic heterocycles. The highest BCUT2D eigenvalue weighted by Crippen LogP contribution is 2.52. The zero-order valence-electron chi connectivity index (χ0n) is 20.3. The average molecular weight is 474 g/mol. The molecule has 0 aliphatic carbocycles. The first-order valence-corrected chi connectivity index (χ1v) is 12.3. The van der Waals surface area contributed by atoms with Crippen molar-refractivity contribution in [2.24, 2.45) is 0 Å². The Morgan fingerprint density at radius 3 is 2.57 bits per heavy atom. The minimum absolute atomic E-state index is 0.249. The van der Waals surface area contributed by atoms with Crippen molar-refractivity contribution in [2.75, 3.05) is 34.2 Å². The van der Waals surface area contributed by atoms with Gasteiger partial charge in [0.25, 0.3) is 0 Å². The minimum Gasteiger partial charge on any atom is -0.493 e. The topological polar surface area (TPSA) is 49.4 Å². The Balaban J connectivity index is 1.35. The Morgan fingerprint density at radius 1 is 0.943 bits per heavy atom. The molecule has 3 heterocycles. The van der Waals surface area contributed by atoms with Crippen LogP contribution in [0.1, 0.15) is 46.2 Å². The average Bonchev–Trinajstić information content (AvgIpc) is 3.36. The molecule has 2 atom stereocenters. The van der Waals surface area contributed by atoms with Gasteiger partial charge in [-0.15, -0.1) is 0 Å². The molecule has 0 N–H and O–H groups in total. The van der Waals surface area contributed by atoms with E-state index >= 15 is 0 Å². The molecule has 0 spiro atoms. The molecule has 2 unspecified atom stereocenters. The van der Waals surface area contributed by atoms with Gasteiger partial charge in [-0.1, -0.05) is 36.4 Å². The van der Waals surface area contributed by atoms with Gasteiger partial charge in [0.2, 0.25) is 6.79 Å². The van der Waals surface area contributed by atoms with Crippen molar-refractivity contribution >= 4 is 0 Å². The van der Waals surface area contributed by atoms with E-state index in [1.165, 1.54) is 27.8 Å². The van der Waals surface area contributed by atoms with Crippen LogP contribution in [-0.4, -0.2) is 39.1 Å². The predicted molar refractivity (Wildman–Crippen MR) is 132 cm³/mol. The predicted octanol–water partition coefficient (Wildman–Crippen LogP) is 5.24. The fraction of sp³-hybridized carbons (Fsp3) is 0.379. The standard InChI is InChI=1S/C29H31NO5/c1-31-25-9-8-21-22(11-13-33-17-19-6-4-3-5-7-19)28-23-15-27-26(34-18-35-27)14-20(23)10-12-30(28)16-24(21)29(25)32-2/h3-9,14-15,22,28H,10-13,16-18H2,1-2H3. The molecule has 6 nitrogen and oxygen atoms in total. The van der Waals surface area contributed by atoms with Crippen LogP contribution >= 0.6 is 0 Å². The summed E-state index contributed by atoms with van der Waals surface area (Å²) in [4.78, 5) is 2.58. The second-order valence-corrected chi connectivity index (χ2v) is 9.37. The molecule has 0 fully saturated rings. The maximum Gasteiger partial charge on any atom is 0.231 e. The van der Waals surface area contributed by atoms with Gasteiger partial charge in [-0.3, -0.25) is 4.90 Å². The molecule has 0 amide bonds. The van der Waals surface area contributed by atoms with Gasteiger partial charge in [0.05, 0.1) is 20.8 Å². The molecule has 182 valence electrons. The van der Waals surface area contributed by atoms with Crippen LogP contribution in [0.4, 0.5) is 0 Å². The van der Waals surface area contributed by atoms with Crippen LogP contribution in [-0.2, 0) is 24.3 Å². The van der Waals surface area contributed by atoms with Crippen molar-refractivity contribution in [3.63, 3.8) is 0 Å². The summed E-state index contributed by atoms with van der Waals surface area (Å²) in [6.45, 7) is 3.41. The summed E-state index contributed by atoms with van der Waals surface area (Å²) in [6, 6.07) is 19.2.